The van der Waals surface area contributed by atoms with Gasteiger partial charge in [-0.3, -0.25) is 0 Å². The van der Waals surface area contributed by atoms with E-state index in [1.165, 1.54) is 21.2 Å². The lowest BCUT2D eigenvalue weighted by Crippen LogP contribution is -2.26. The SMILES string of the molecule is CN1C=CN(CCCN2c3ccccc3Sc3ccc(Cl)cc32)C=C1. The molecule has 2 aliphatic rings. The Morgan fingerprint density at radius 2 is 1.64 bits per heavy atom. The summed E-state index contributed by atoms with van der Waals surface area (Å²) in [5.74, 6) is 0. The molecule has 5 heteroatoms. The minimum absolute atomic E-state index is 0.786. The second-order valence-corrected chi connectivity index (χ2v) is 7.71. The van der Waals surface area contributed by atoms with Crippen LogP contribution in [-0.4, -0.2) is 29.9 Å². The highest BCUT2D eigenvalue weighted by Crippen LogP contribution is 2.48. The van der Waals surface area contributed by atoms with E-state index in [-0.39, 0.29) is 0 Å². The van der Waals surface area contributed by atoms with Crippen molar-refractivity contribution < 1.29 is 0 Å². The second-order valence-electron chi connectivity index (χ2n) is 6.19. The van der Waals surface area contributed by atoms with E-state index < -0.39 is 0 Å². The Kier molecular flexibility index (Phi) is 4.64. The van der Waals surface area contributed by atoms with Crippen molar-refractivity contribution in [3.63, 3.8) is 0 Å². The first-order chi connectivity index (χ1) is 12.2. The summed E-state index contributed by atoms with van der Waals surface area (Å²) in [4.78, 5) is 9.24. The Labute approximate surface area is 158 Å². The van der Waals surface area contributed by atoms with Crippen LogP contribution in [0.2, 0.25) is 5.02 Å². The van der Waals surface area contributed by atoms with Crippen LogP contribution < -0.4 is 4.90 Å². The van der Waals surface area contributed by atoms with Gasteiger partial charge in [-0.2, -0.15) is 0 Å². The number of halogens is 1. The van der Waals surface area contributed by atoms with E-state index in [0.717, 1.165) is 24.5 Å². The zero-order valence-corrected chi connectivity index (χ0v) is 15.7. The smallest absolute Gasteiger partial charge is 0.0567 e. The maximum absolute atomic E-state index is 6.27. The van der Waals surface area contributed by atoms with Crippen molar-refractivity contribution in [2.75, 3.05) is 25.0 Å². The third-order valence-electron chi connectivity index (χ3n) is 4.37. The molecule has 0 unspecified atom stereocenters. The van der Waals surface area contributed by atoms with Gasteiger partial charge in [0.15, 0.2) is 0 Å². The normalized spacial score (nSPS) is 15.4. The van der Waals surface area contributed by atoms with Gasteiger partial charge in [0, 0.05) is 59.8 Å². The van der Waals surface area contributed by atoms with E-state index in [4.69, 9.17) is 11.6 Å². The van der Waals surface area contributed by atoms with E-state index in [9.17, 15) is 0 Å². The van der Waals surface area contributed by atoms with Crippen molar-refractivity contribution >= 4 is 34.7 Å². The summed E-state index contributed by atoms with van der Waals surface area (Å²) >= 11 is 8.09. The molecule has 0 amide bonds. The molecular weight excluding hydrogens is 350 g/mol. The molecule has 0 atom stereocenters. The number of hydrogen-bond donors (Lipinski definition) is 0. The topological polar surface area (TPSA) is 9.72 Å². The molecule has 3 nitrogen and oxygen atoms in total. The quantitative estimate of drug-likeness (QED) is 0.701. The van der Waals surface area contributed by atoms with Crippen molar-refractivity contribution in [2.45, 2.75) is 16.2 Å². The summed E-state index contributed by atoms with van der Waals surface area (Å²) < 4.78 is 0. The highest BCUT2D eigenvalue weighted by Gasteiger charge is 2.23. The minimum Gasteiger partial charge on any atom is -0.354 e. The molecule has 0 spiro atoms. The molecule has 0 saturated carbocycles. The predicted molar refractivity (Wildman–Crippen MR) is 106 cm³/mol. The van der Waals surface area contributed by atoms with Crippen LogP contribution in [0.25, 0.3) is 0 Å². The zero-order valence-electron chi connectivity index (χ0n) is 14.1. The lowest BCUT2D eigenvalue weighted by atomic mass is 10.2. The van der Waals surface area contributed by atoms with Crippen molar-refractivity contribution in [1.82, 2.24) is 9.80 Å². The number of rotatable bonds is 4. The lowest BCUT2D eigenvalue weighted by molar-refractivity contribution is 0.446. The first-order valence-electron chi connectivity index (χ1n) is 8.39. The van der Waals surface area contributed by atoms with Crippen LogP contribution in [0.4, 0.5) is 11.4 Å². The molecule has 2 heterocycles. The van der Waals surface area contributed by atoms with Crippen LogP contribution in [0.15, 0.2) is 77.1 Å². The van der Waals surface area contributed by atoms with E-state index in [0.29, 0.717) is 0 Å². The fourth-order valence-electron chi connectivity index (χ4n) is 3.08. The van der Waals surface area contributed by atoms with E-state index >= 15 is 0 Å². The Bertz CT molecular complexity index is 819. The summed E-state index contributed by atoms with van der Waals surface area (Å²) in [5, 5.41) is 0.786. The molecular formula is C20H20ClN3S. The summed E-state index contributed by atoms with van der Waals surface area (Å²) in [7, 11) is 2.04. The average molecular weight is 370 g/mol. The molecule has 4 rings (SSSR count). The summed E-state index contributed by atoms with van der Waals surface area (Å²) in [6.07, 6.45) is 9.43. The molecule has 0 bridgehead atoms. The summed E-state index contributed by atoms with van der Waals surface area (Å²) in [6.45, 7) is 1.95. The summed E-state index contributed by atoms with van der Waals surface area (Å²) in [5.41, 5.74) is 2.48. The van der Waals surface area contributed by atoms with E-state index in [2.05, 4.69) is 71.0 Å². The molecule has 0 N–H and O–H groups in total. The lowest BCUT2D eigenvalue weighted by Gasteiger charge is -2.33. The van der Waals surface area contributed by atoms with Crippen molar-refractivity contribution in [1.29, 1.82) is 0 Å². The molecule has 0 saturated heterocycles. The predicted octanol–water partition coefficient (Wildman–Crippen LogP) is 5.52. The van der Waals surface area contributed by atoms with Gasteiger partial charge in [-0.25, -0.2) is 0 Å². The third-order valence-corrected chi connectivity index (χ3v) is 5.74. The van der Waals surface area contributed by atoms with Crippen LogP contribution in [0.1, 0.15) is 6.42 Å². The first kappa shape index (κ1) is 16.4. The van der Waals surface area contributed by atoms with Gasteiger partial charge in [-0.15, -0.1) is 0 Å². The van der Waals surface area contributed by atoms with Crippen molar-refractivity contribution in [3.05, 3.63) is 72.3 Å². The maximum Gasteiger partial charge on any atom is 0.0567 e. The number of nitrogens with zero attached hydrogens (tertiary/aromatic N) is 3. The van der Waals surface area contributed by atoms with Gasteiger partial charge in [0.05, 0.1) is 11.4 Å². The standard InChI is InChI=1S/C20H20ClN3S/c1-22-11-13-23(14-12-22)9-4-10-24-17-5-2-3-6-19(17)25-20-8-7-16(21)15-18(20)24/h2-3,5-8,11-15H,4,9-10H2,1H3. The van der Waals surface area contributed by atoms with Crippen LogP contribution >= 0.6 is 23.4 Å². The molecule has 2 aliphatic heterocycles. The largest absolute Gasteiger partial charge is 0.354 e. The van der Waals surface area contributed by atoms with Gasteiger partial charge in [0.25, 0.3) is 0 Å². The van der Waals surface area contributed by atoms with Gasteiger partial charge in [0.1, 0.15) is 0 Å². The van der Waals surface area contributed by atoms with Gasteiger partial charge >= 0.3 is 0 Å². The van der Waals surface area contributed by atoms with Gasteiger partial charge in [-0.1, -0.05) is 35.5 Å². The maximum atomic E-state index is 6.27. The van der Waals surface area contributed by atoms with Crippen LogP contribution in [0.3, 0.4) is 0 Å². The van der Waals surface area contributed by atoms with Gasteiger partial charge in [-0.05, 0) is 36.8 Å². The Morgan fingerprint density at radius 1 is 0.880 bits per heavy atom. The van der Waals surface area contributed by atoms with Crippen LogP contribution in [0, 0.1) is 0 Å². The third kappa shape index (κ3) is 3.51. The number of fused-ring (bicyclic) bond motifs is 2. The van der Waals surface area contributed by atoms with E-state index in [1.54, 1.807) is 0 Å². The van der Waals surface area contributed by atoms with Crippen molar-refractivity contribution in [3.8, 4) is 0 Å². The minimum atomic E-state index is 0.786. The Hall–Kier alpha value is -2.04. The zero-order chi connectivity index (χ0) is 17.2. The second kappa shape index (κ2) is 7.06. The highest BCUT2D eigenvalue weighted by molar-refractivity contribution is 7.99. The van der Waals surface area contributed by atoms with Gasteiger partial charge in [0.2, 0.25) is 0 Å². The highest BCUT2D eigenvalue weighted by atomic mass is 35.5. The summed E-state index contributed by atoms with van der Waals surface area (Å²) in [6, 6.07) is 14.8. The molecule has 25 heavy (non-hydrogen) atoms. The molecule has 0 aromatic heterocycles. The fourth-order valence-corrected chi connectivity index (χ4v) is 4.33. The number of para-hydroxylation sites is 1. The molecule has 128 valence electrons. The molecule has 0 radical (unpaired) electrons. The van der Waals surface area contributed by atoms with Crippen molar-refractivity contribution in [2.24, 2.45) is 0 Å². The molecule has 0 fully saturated rings. The Balaban J connectivity index is 1.53. The Morgan fingerprint density at radius 3 is 2.48 bits per heavy atom. The number of benzene rings is 2. The van der Waals surface area contributed by atoms with Crippen LogP contribution in [-0.2, 0) is 0 Å². The van der Waals surface area contributed by atoms with E-state index in [1.807, 2.05) is 29.8 Å². The first-order valence-corrected chi connectivity index (χ1v) is 9.58. The molecule has 2 aromatic rings. The van der Waals surface area contributed by atoms with Gasteiger partial charge < -0.3 is 14.7 Å². The molecule has 0 aliphatic carbocycles. The van der Waals surface area contributed by atoms with Crippen LogP contribution in [0.5, 0.6) is 0 Å². The number of hydrogen-bond acceptors (Lipinski definition) is 4. The number of anilines is 2. The monoisotopic (exact) mass is 369 g/mol. The average Bonchev–Trinajstić information content (AvgIpc) is 2.63. The molecule has 2 aromatic carbocycles. The fraction of sp³-hybridized carbons (Fsp3) is 0.200.